The number of likely N-dealkylation sites (N-methyl/N-ethyl adjacent to an activating group) is 1. The van der Waals surface area contributed by atoms with E-state index in [4.69, 9.17) is 4.74 Å². The Kier molecular flexibility index (Phi) is 9.95. The number of amides is 1. The molecule has 6 rings (SSSR count). The van der Waals surface area contributed by atoms with Crippen LogP contribution in [0.15, 0.2) is 54.7 Å². The van der Waals surface area contributed by atoms with Gasteiger partial charge in [0.15, 0.2) is 0 Å². The number of halogens is 3. The molecule has 0 spiro atoms. The highest BCUT2D eigenvalue weighted by Gasteiger charge is 2.34. The fourth-order valence-electron chi connectivity index (χ4n) is 6.19. The molecule has 2 saturated heterocycles. The quantitative estimate of drug-likeness (QED) is 0.214. The summed E-state index contributed by atoms with van der Waals surface area (Å²) in [5, 5.41) is 9.33. The minimum absolute atomic E-state index is 0.0173. The van der Waals surface area contributed by atoms with Gasteiger partial charge in [-0.05, 0) is 68.4 Å². The Balaban J connectivity index is 1.13. The molecular formula is C34H41F3N8O2. The van der Waals surface area contributed by atoms with Crippen LogP contribution in [0.2, 0.25) is 0 Å². The first-order chi connectivity index (χ1) is 22.7. The highest BCUT2D eigenvalue weighted by molar-refractivity contribution is 5.81. The van der Waals surface area contributed by atoms with Crippen LogP contribution in [0.4, 0.5) is 24.8 Å². The lowest BCUT2D eigenvalue weighted by atomic mass is 9.97. The number of aryl methyl sites for hydroxylation is 1. The Morgan fingerprint density at radius 2 is 1.74 bits per heavy atom. The van der Waals surface area contributed by atoms with E-state index in [0.717, 1.165) is 64.2 Å². The van der Waals surface area contributed by atoms with Crippen molar-refractivity contribution in [2.24, 2.45) is 13.0 Å². The van der Waals surface area contributed by atoms with Crippen molar-refractivity contribution in [1.82, 2.24) is 35.0 Å². The summed E-state index contributed by atoms with van der Waals surface area (Å²) < 4.78 is 50.4. The fourth-order valence-corrected chi connectivity index (χ4v) is 6.19. The molecule has 2 aromatic carbocycles. The summed E-state index contributed by atoms with van der Waals surface area (Å²) in [7, 11) is 1.80. The van der Waals surface area contributed by atoms with Crippen LogP contribution in [0.5, 0.6) is 11.5 Å². The molecule has 4 heterocycles. The predicted octanol–water partition coefficient (Wildman–Crippen LogP) is 5.28. The monoisotopic (exact) mass is 650 g/mol. The number of carbonyl (C=O) groups excluding carboxylic acids is 1. The van der Waals surface area contributed by atoms with Crippen molar-refractivity contribution in [3.05, 3.63) is 71.5 Å². The summed E-state index contributed by atoms with van der Waals surface area (Å²) in [5.74, 6) is 1.59. The topological polar surface area (TPSA) is 99.6 Å². The minimum Gasteiger partial charge on any atom is -0.457 e. The first-order valence-electron chi connectivity index (χ1n) is 16.2. The molecule has 0 saturated carbocycles. The number of piperazine rings is 1. The third kappa shape index (κ3) is 8.03. The Hall–Kier alpha value is -4.20. The number of carbonyl (C=O) groups is 1. The van der Waals surface area contributed by atoms with Gasteiger partial charge >= 0.3 is 6.18 Å². The number of rotatable bonds is 10. The summed E-state index contributed by atoms with van der Waals surface area (Å²) in [6, 6.07) is 13.4. The lowest BCUT2D eigenvalue weighted by Gasteiger charge is -2.34. The maximum Gasteiger partial charge on any atom is 0.416 e. The van der Waals surface area contributed by atoms with Gasteiger partial charge in [-0.2, -0.15) is 13.2 Å². The van der Waals surface area contributed by atoms with Crippen molar-refractivity contribution in [3.63, 3.8) is 0 Å². The minimum atomic E-state index is -4.48. The van der Waals surface area contributed by atoms with E-state index in [-0.39, 0.29) is 23.9 Å². The molecule has 13 heteroatoms. The zero-order valence-corrected chi connectivity index (χ0v) is 26.7. The van der Waals surface area contributed by atoms with Crippen molar-refractivity contribution in [2.45, 2.75) is 39.0 Å². The van der Waals surface area contributed by atoms with Crippen molar-refractivity contribution >= 4 is 28.6 Å². The molecule has 47 heavy (non-hydrogen) atoms. The Morgan fingerprint density at radius 3 is 2.49 bits per heavy atom. The standard InChI is InChI=1S/C34H41F3N8O2/c1-3-44-14-16-45(17-15-44)22-24-4-5-25(19-29(24)34(35,36)37)41-33-42-30-7-6-27(20-31(30)43(33)2)47-28-10-13-39-26(18-28)21-40-32(46)23-8-11-38-12-9-23/h4-7,10,13,18-20,23,38H,3,8-9,11-12,14-17,21-22H2,1-2H3,(H,40,46)(H,41,42). The molecule has 0 bridgehead atoms. The molecule has 3 N–H and O–H groups in total. The smallest absolute Gasteiger partial charge is 0.416 e. The molecule has 2 aliphatic rings. The van der Waals surface area contributed by atoms with E-state index in [0.29, 0.717) is 40.9 Å². The van der Waals surface area contributed by atoms with Crippen LogP contribution in [0.3, 0.4) is 0 Å². The molecule has 0 unspecified atom stereocenters. The first kappa shape index (κ1) is 32.7. The van der Waals surface area contributed by atoms with Crippen LogP contribution in [-0.4, -0.2) is 76.1 Å². The molecule has 4 aromatic rings. The number of hydrogen-bond donors (Lipinski definition) is 3. The van der Waals surface area contributed by atoms with E-state index < -0.39 is 11.7 Å². The lowest BCUT2D eigenvalue weighted by molar-refractivity contribution is -0.138. The zero-order chi connectivity index (χ0) is 33.0. The van der Waals surface area contributed by atoms with E-state index >= 15 is 0 Å². The van der Waals surface area contributed by atoms with Gasteiger partial charge in [0.25, 0.3) is 0 Å². The highest BCUT2D eigenvalue weighted by atomic mass is 19.4. The molecular weight excluding hydrogens is 609 g/mol. The summed E-state index contributed by atoms with van der Waals surface area (Å²) >= 11 is 0. The fraction of sp³-hybridized carbons (Fsp3) is 0.441. The number of alkyl halides is 3. The zero-order valence-electron chi connectivity index (χ0n) is 26.7. The number of fused-ring (bicyclic) bond motifs is 1. The third-order valence-electron chi connectivity index (χ3n) is 9.01. The molecule has 0 radical (unpaired) electrons. The number of anilines is 2. The number of nitrogens with zero attached hydrogens (tertiary/aromatic N) is 5. The summed E-state index contributed by atoms with van der Waals surface area (Å²) in [4.78, 5) is 25.9. The van der Waals surface area contributed by atoms with E-state index in [1.54, 1.807) is 54.2 Å². The predicted molar refractivity (Wildman–Crippen MR) is 175 cm³/mol. The van der Waals surface area contributed by atoms with Gasteiger partial charge in [0, 0.05) is 69.7 Å². The van der Waals surface area contributed by atoms with Crippen molar-refractivity contribution in [3.8, 4) is 11.5 Å². The average molecular weight is 651 g/mol. The van der Waals surface area contributed by atoms with E-state index in [1.165, 1.54) is 6.07 Å². The first-order valence-corrected chi connectivity index (χ1v) is 16.2. The van der Waals surface area contributed by atoms with Crippen LogP contribution in [0, 0.1) is 5.92 Å². The second-order valence-electron chi connectivity index (χ2n) is 12.2. The largest absolute Gasteiger partial charge is 0.457 e. The van der Waals surface area contributed by atoms with Crippen molar-refractivity contribution in [2.75, 3.05) is 51.1 Å². The number of ether oxygens (including phenoxy) is 1. The number of aromatic nitrogens is 3. The maximum absolute atomic E-state index is 14.2. The Bertz CT molecular complexity index is 1690. The number of imidazole rings is 1. The van der Waals surface area contributed by atoms with E-state index in [1.807, 2.05) is 6.07 Å². The lowest BCUT2D eigenvalue weighted by Crippen LogP contribution is -2.45. The molecule has 0 aliphatic carbocycles. The molecule has 1 amide bonds. The number of pyridine rings is 1. The van der Waals surface area contributed by atoms with Gasteiger partial charge in [-0.3, -0.25) is 14.7 Å². The second-order valence-corrected chi connectivity index (χ2v) is 12.2. The Labute approximate surface area is 272 Å². The number of piperidine rings is 1. The highest BCUT2D eigenvalue weighted by Crippen LogP contribution is 2.36. The van der Waals surface area contributed by atoms with Gasteiger partial charge < -0.3 is 30.2 Å². The SMILES string of the molecule is CCN1CCN(Cc2ccc(Nc3nc4ccc(Oc5ccnc(CNC(=O)C6CCNCC6)c5)cc4n3C)cc2C(F)(F)F)CC1. The van der Waals surface area contributed by atoms with Crippen LogP contribution < -0.4 is 20.7 Å². The number of hydrogen-bond acceptors (Lipinski definition) is 8. The average Bonchev–Trinajstić information content (AvgIpc) is 3.38. The van der Waals surface area contributed by atoms with Gasteiger partial charge in [-0.15, -0.1) is 0 Å². The molecule has 2 aliphatic heterocycles. The van der Waals surface area contributed by atoms with Gasteiger partial charge in [-0.1, -0.05) is 13.0 Å². The van der Waals surface area contributed by atoms with E-state index in [9.17, 15) is 18.0 Å². The van der Waals surface area contributed by atoms with Gasteiger partial charge in [0.1, 0.15) is 11.5 Å². The van der Waals surface area contributed by atoms with Crippen molar-refractivity contribution in [1.29, 1.82) is 0 Å². The van der Waals surface area contributed by atoms with Gasteiger partial charge in [0.05, 0.1) is 28.8 Å². The van der Waals surface area contributed by atoms with Crippen LogP contribution >= 0.6 is 0 Å². The van der Waals surface area contributed by atoms with Gasteiger partial charge in [0.2, 0.25) is 11.9 Å². The number of benzene rings is 2. The molecule has 2 fully saturated rings. The van der Waals surface area contributed by atoms with Gasteiger partial charge in [-0.25, -0.2) is 4.98 Å². The number of nitrogens with one attached hydrogen (secondary N) is 3. The van der Waals surface area contributed by atoms with Crippen LogP contribution in [-0.2, 0) is 31.1 Å². The maximum atomic E-state index is 14.2. The third-order valence-corrected chi connectivity index (χ3v) is 9.01. The summed E-state index contributed by atoms with van der Waals surface area (Å²) in [6.07, 6.45) is -1.19. The Morgan fingerprint density at radius 1 is 1.00 bits per heavy atom. The van der Waals surface area contributed by atoms with Crippen LogP contribution in [0.25, 0.3) is 11.0 Å². The second kappa shape index (κ2) is 14.3. The molecule has 0 atom stereocenters. The summed E-state index contributed by atoms with van der Waals surface area (Å²) in [5.41, 5.74) is 2.02. The molecule has 250 valence electrons. The molecule has 2 aromatic heterocycles. The molecule has 10 nitrogen and oxygen atoms in total. The summed E-state index contributed by atoms with van der Waals surface area (Å²) in [6.45, 7) is 8.52. The normalized spacial score (nSPS) is 16.8. The van der Waals surface area contributed by atoms with Crippen molar-refractivity contribution < 1.29 is 22.7 Å². The van der Waals surface area contributed by atoms with E-state index in [2.05, 4.69) is 42.6 Å². The van der Waals surface area contributed by atoms with Crippen LogP contribution in [0.1, 0.15) is 36.6 Å².